The van der Waals surface area contributed by atoms with Crippen LogP contribution < -0.4 is 0 Å². The zero-order valence-electron chi connectivity index (χ0n) is 18.0. The van der Waals surface area contributed by atoms with Gasteiger partial charge in [0, 0.05) is 28.5 Å². The standard InChI is InChI=1S/C26H29NO/c1-15(2)24-17(4)21-12-16(3)13-22(25(21)28-24)23-20-9-8-19(26(5,6)7)14-18(20)10-11-27-23/h8-15H,1-7H3. The van der Waals surface area contributed by atoms with Crippen molar-refractivity contribution in [1.82, 2.24) is 4.98 Å². The predicted octanol–water partition coefficient (Wildman–Crippen LogP) is 7.69. The Labute approximate surface area is 167 Å². The maximum Gasteiger partial charge on any atom is 0.143 e. The number of pyridine rings is 1. The molecule has 0 unspecified atom stereocenters. The molecule has 0 spiro atoms. The van der Waals surface area contributed by atoms with E-state index in [2.05, 4.69) is 84.9 Å². The number of nitrogens with zero attached hydrogens (tertiary/aromatic N) is 1. The molecule has 0 bridgehead atoms. The number of fused-ring (bicyclic) bond motifs is 2. The van der Waals surface area contributed by atoms with E-state index in [-0.39, 0.29) is 5.41 Å². The van der Waals surface area contributed by atoms with Crippen molar-refractivity contribution in [3.63, 3.8) is 0 Å². The maximum atomic E-state index is 6.39. The molecule has 0 aliphatic heterocycles. The predicted molar refractivity (Wildman–Crippen MR) is 119 cm³/mol. The van der Waals surface area contributed by atoms with Crippen molar-refractivity contribution in [2.24, 2.45) is 0 Å². The molecule has 0 fully saturated rings. The fraction of sp³-hybridized carbons (Fsp3) is 0.346. The summed E-state index contributed by atoms with van der Waals surface area (Å²) in [6.45, 7) is 15.4. The van der Waals surface area contributed by atoms with E-state index in [1.54, 1.807) is 0 Å². The summed E-state index contributed by atoms with van der Waals surface area (Å²) in [5.74, 6) is 1.42. The van der Waals surface area contributed by atoms with Crippen molar-refractivity contribution < 1.29 is 4.42 Å². The molecule has 2 aromatic heterocycles. The quantitative estimate of drug-likeness (QED) is 0.361. The van der Waals surface area contributed by atoms with Gasteiger partial charge in [-0.3, -0.25) is 4.98 Å². The molecular weight excluding hydrogens is 342 g/mol. The summed E-state index contributed by atoms with van der Waals surface area (Å²) in [4.78, 5) is 4.78. The monoisotopic (exact) mass is 371 g/mol. The topological polar surface area (TPSA) is 26.0 Å². The van der Waals surface area contributed by atoms with Gasteiger partial charge in [0.15, 0.2) is 0 Å². The first-order chi connectivity index (χ1) is 13.2. The Morgan fingerprint density at radius 3 is 2.36 bits per heavy atom. The van der Waals surface area contributed by atoms with Gasteiger partial charge in [0.2, 0.25) is 0 Å². The molecule has 0 aliphatic rings. The first kappa shape index (κ1) is 18.7. The van der Waals surface area contributed by atoms with Gasteiger partial charge in [0.1, 0.15) is 11.3 Å². The highest BCUT2D eigenvalue weighted by Gasteiger charge is 2.20. The lowest BCUT2D eigenvalue weighted by atomic mass is 9.85. The van der Waals surface area contributed by atoms with Crippen LogP contribution >= 0.6 is 0 Å². The van der Waals surface area contributed by atoms with Crippen LogP contribution in [-0.4, -0.2) is 4.98 Å². The first-order valence-corrected chi connectivity index (χ1v) is 10.1. The minimum absolute atomic E-state index is 0.124. The number of aromatic nitrogens is 1. The van der Waals surface area contributed by atoms with Crippen molar-refractivity contribution >= 4 is 21.7 Å². The van der Waals surface area contributed by atoms with Crippen molar-refractivity contribution in [2.45, 2.75) is 59.8 Å². The first-order valence-electron chi connectivity index (χ1n) is 10.1. The van der Waals surface area contributed by atoms with E-state index in [4.69, 9.17) is 9.40 Å². The van der Waals surface area contributed by atoms with Gasteiger partial charge in [-0.05, 0) is 59.5 Å². The van der Waals surface area contributed by atoms with E-state index in [9.17, 15) is 0 Å². The average molecular weight is 372 g/mol. The zero-order valence-corrected chi connectivity index (χ0v) is 18.0. The number of furan rings is 1. The molecule has 28 heavy (non-hydrogen) atoms. The van der Waals surface area contributed by atoms with Crippen LogP contribution in [0, 0.1) is 13.8 Å². The van der Waals surface area contributed by atoms with Crippen LogP contribution in [0.25, 0.3) is 33.0 Å². The Morgan fingerprint density at radius 2 is 1.68 bits per heavy atom. The molecule has 0 saturated carbocycles. The lowest BCUT2D eigenvalue weighted by molar-refractivity contribution is 0.518. The van der Waals surface area contributed by atoms with Gasteiger partial charge in [-0.2, -0.15) is 0 Å². The third-order valence-corrected chi connectivity index (χ3v) is 5.63. The number of hydrogen-bond acceptors (Lipinski definition) is 2. The Morgan fingerprint density at radius 1 is 0.929 bits per heavy atom. The molecule has 0 amide bonds. The molecule has 4 aromatic rings. The van der Waals surface area contributed by atoms with Crippen LogP contribution in [0.1, 0.15) is 63.0 Å². The number of benzene rings is 2. The van der Waals surface area contributed by atoms with Gasteiger partial charge in [-0.15, -0.1) is 0 Å². The van der Waals surface area contributed by atoms with E-state index in [0.717, 1.165) is 22.6 Å². The van der Waals surface area contributed by atoms with Crippen molar-refractivity contribution in [3.8, 4) is 11.3 Å². The van der Waals surface area contributed by atoms with Crippen molar-refractivity contribution in [2.75, 3.05) is 0 Å². The number of aryl methyl sites for hydroxylation is 2. The summed E-state index contributed by atoms with van der Waals surface area (Å²) < 4.78 is 6.39. The molecule has 2 aromatic carbocycles. The zero-order chi connectivity index (χ0) is 20.2. The van der Waals surface area contributed by atoms with Gasteiger partial charge in [-0.1, -0.05) is 52.8 Å². The Hall–Kier alpha value is -2.61. The molecule has 144 valence electrons. The van der Waals surface area contributed by atoms with Crippen LogP contribution in [0.2, 0.25) is 0 Å². The Balaban J connectivity index is 2.03. The third-order valence-electron chi connectivity index (χ3n) is 5.63. The Kier molecular flexibility index (Phi) is 4.33. The van der Waals surface area contributed by atoms with Crippen LogP contribution in [0.4, 0.5) is 0 Å². The fourth-order valence-electron chi connectivity index (χ4n) is 4.07. The van der Waals surface area contributed by atoms with E-state index in [0.29, 0.717) is 5.92 Å². The molecule has 2 heteroatoms. The van der Waals surface area contributed by atoms with Crippen LogP contribution in [0.5, 0.6) is 0 Å². The molecule has 0 atom stereocenters. The minimum Gasteiger partial charge on any atom is -0.460 e. The lowest BCUT2D eigenvalue weighted by Gasteiger charge is -2.20. The summed E-state index contributed by atoms with van der Waals surface area (Å²) in [7, 11) is 0. The second-order valence-electron chi connectivity index (χ2n) is 9.28. The molecule has 0 N–H and O–H groups in total. The van der Waals surface area contributed by atoms with Gasteiger partial charge in [0.25, 0.3) is 0 Å². The molecule has 0 radical (unpaired) electrons. The number of hydrogen-bond donors (Lipinski definition) is 0. The van der Waals surface area contributed by atoms with Crippen LogP contribution in [-0.2, 0) is 5.41 Å². The Bertz CT molecular complexity index is 1190. The smallest absolute Gasteiger partial charge is 0.143 e. The highest BCUT2D eigenvalue weighted by molar-refractivity contribution is 6.03. The highest BCUT2D eigenvalue weighted by Crippen LogP contribution is 2.39. The van der Waals surface area contributed by atoms with E-state index < -0.39 is 0 Å². The minimum atomic E-state index is 0.124. The summed E-state index contributed by atoms with van der Waals surface area (Å²) in [5, 5.41) is 3.59. The van der Waals surface area contributed by atoms with Crippen LogP contribution in [0.15, 0.2) is 47.0 Å². The van der Waals surface area contributed by atoms with Crippen molar-refractivity contribution in [1.29, 1.82) is 0 Å². The maximum absolute atomic E-state index is 6.39. The summed E-state index contributed by atoms with van der Waals surface area (Å²) >= 11 is 0. The van der Waals surface area contributed by atoms with Crippen molar-refractivity contribution in [3.05, 3.63) is 65.0 Å². The van der Waals surface area contributed by atoms with Gasteiger partial charge in [0.05, 0.1) is 5.69 Å². The second kappa shape index (κ2) is 6.48. The second-order valence-corrected chi connectivity index (χ2v) is 9.28. The molecule has 2 heterocycles. The SMILES string of the molecule is Cc1cc(-c2nccc3cc(C(C)(C)C)ccc23)c2oc(C(C)C)c(C)c2c1. The average Bonchev–Trinajstić information content (AvgIpc) is 2.96. The number of rotatable bonds is 2. The van der Waals surface area contributed by atoms with Gasteiger partial charge >= 0.3 is 0 Å². The van der Waals surface area contributed by atoms with E-state index in [1.807, 2.05) is 6.20 Å². The molecule has 0 saturated heterocycles. The molecular formula is C26H29NO. The van der Waals surface area contributed by atoms with Gasteiger partial charge in [-0.25, -0.2) is 0 Å². The van der Waals surface area contributed by atoms with Gasteiger partial charge < -0.3 is 4.42 Å². The van der Waals surface area contributed by atoms with Crippen LogP contribution in [0.3, 0.4) is 0 Å². The van der Waals surface area contributed by atoms with E-state index >= 15 is 0 Å². The summed E-state index contributed by atoms with van der Waals surface area (Å²) in [6, 6.07) is 13.3. The normalized spacial score (nSPS) is 12.4. The largest absolute Gasteiger partial charge is 0.460 e. The van der Waals surface area contributed by atoms with E-state index in [1.165, 1.54) is 32.8 Å². The summed E-state index contributed by atoms with van der Waals surface area (Å²) in [6.07, 6.45) is 1.91. The third kappa shape index (κ3) is 3.01. The fourth-order valence-corrected chi connectivity index (χ4v) is 4.07. The summed E-state index contributed by atoms with van der Waals surface area (Å²) in [5.41, 5.74) is 6.96. The highest BCUT2D eigenvalue weighted by atomic mass is 16.3. The molecule has 4 rings (SSSR count). The molecule has 0 aliphatic carbocycles. The lowest BCUT2D eigenvalue weighted by Crippen LogP contribution is -2.10. The molecule has 2 nitrogen and oxygen atoms in total.